The lowest BCUT2D eigenvalue weighted by Gasteiger charge is -2.29. The lowest BCUT2D eigenvalue weighted by Crippen LogP contribution is -2.50. The number of carboxylic acid groups (broad SMARTS) is 1. The minimum Gasteiger partial charge on any atom is -0.480 e. The topological polar surface area (TPSA) is 66.6 Å². The van der Waals surface area contributed by atoms with Crippen LogP contribution >= 0.6 is 0 Å². The van der Waals surface area contributed by atoms with E-state index in [1.807, 2.05) is 0 Å². The van der Waals surface area contributed by atoms with Crippen LogP contribution in [-0.4, -0.2) is 34.6 Å². The number of nitrogens with two attached hydrogens (primary N) is 1. The molecule has 1 aliphatic heterocycles. The molecule has 0 saturated carbocycles. The second-order valence-electron chi connectivity index (χ2n) is 6.17. The van der Waals surface area contributed by atoms with Crippen LogP contribution in [0, 0.1) is 20.8 Å². The van der Waals surface area contributed by atoms with Gasteiger partial charge in [-0.1, -0.05) is 17.7 Å². The fraction of sp³-hybridized carbons (Fsp3) is 0.562. The van der Waals surface area contributed by atoms with Crippen LogP contribution in [0.25, 0.3) is 0 Å². The summed E-state index contributed by atoms with van der Waals surface area (Å²) in [5, 5.41) is 9.24. The molecule has 20 heavy (non-hydrogen) atoms. The Labute approximate surface area is 120 Å². The lowest BCUT2D eigenvalue weighted by molar-refractivity contribution is -0.142. The molecule has 2 atom stereocenters. The highest BCUT2D eigenvalue weighted by atomic mass is 16.4. The van der Waals surface area contributed by atoms with Crippen molar-refractivity contribution in [1.29, 1.82) is 0 Å². The van der Waals surface area contributed by atoms with Crippen LogP contribution < -0.4 is 5.73 Å². The van der Waals surface area contributed by atoms with Crippen molar-refractivity contribution in [3.05, 3.63) is 34.4 Å². The molecule has 0 amide bonds. The Balaban J connectivity index is 2.26. The summed E-state index contributed by atoms with van der Waals surface area (Å²) in [6, 6.07) is 4.56. The number of carbonyl (C=O) groups is 1. The van der Waals surface area contributed by atoms with Gasteiger partial charge < -0.3 is 10.8 Å². The van der Waals surface area contributed by atoms with Crippen LogP contribution in [0.15, 0.2) is 12.1 Å². The molecule has 0 bridgehead atoms. The molecule has 1 fully saturated rings. The molecule has 0 spiro atoms. The van der Waals surface area contributed by atoms with Crippen LogP contribution in [0.1, 0.15) is 41.6 Å². The highest BCUT2D eigenvalue weighted by Crippen LogP contribution is 2.32. The molecule has 4 heteroatoms. The van der Waals surface area contributed by atoms with Crippen LogP contribution in [0.2, 0.25) is 0 Å². The van der Waals surface area contributed by atoms with Gasteiger partial charge in [0.15, 0.2) is 0 Å². The number of nitrogens with zero attached hydrogens (tertiary/aromatic N) is 1. The number of benzene rings is 1. The zero-order chi connectivity index (χ0) is 15.1. The Morgan fingerprint density at radius 3 is 2.35 bits per heavy atom. The number of carboxylic acids is 1. The molecule has 110 valence electrons. The van der Waals surface area contributed by atoms with Gasteiger partial charge in [0.05, 0.1) is 0 Å². The van der Waals surface area contributed by atoms with E-state index < -0.39 is 11.5 Å². The molecule has 1 aliphatic rings. The molecule has 2 rings (SSSR count). The van der Waals surface area contributed by atoms with Gasteiger partial charge in [-0.15, -0.1) is 0 Å². The molecule has 0 aliphatic carbocycles. The quantitative estimate of drug-likeness (QED) is 0.888. The summed E-state index contributed by atoms with van der Waals surface area (Å²) >= 11 is 0. The van der Waals surface area contributed by atoms with Crippen molar-refractivity contribution >= 4 is 5.97 Å². The summed E-state index contributed by atoms with van der Waals surface area (Å²) in [5.41, 5.74) is 9.95. The molecule has 1 aromatic rings. The second-order valence-corrected chi connectivity index (χ2v) is 6.17. The maximum atomic E-state index is 11.3. The highest BCUT2D eigenvalue weighted by Gasteiger charge is 2.42. The van der Waals surface area contributed by atoms with E-state index in [-0.39, 0.29) is 6.04 Å². The molecule has 4 nitrogen and oxygen atoms in total. The predicted octanol–water partition coefficient (Wildman–Crippen LogP) is 2.16. The second kappa shape index (κ2) is 5.19. The smallest absolute Gasteiger partial charge is 0.325 e. The van der Waals surface area contributed by atoms with Crippen molar-refractivity contribution in [2.24, 2.45) is 5.73 Å². The minimum atomic E-state index is -1.10. The first kappa shape index (κ1) is 15.0. The standard InChI is InChI=1S/C16H24N2O2/c1-10-7-11(2)14(12(3)8-10)13(4)18-6-5-16(17,9-18)15(19)20/h7-8,13H,5-6,9,17H2,1-4H3,(H,19,20). The number of aryl methyl sites for hydroxylation is 3. The largest absolute Gasteiger partial charge is 0.480 e. The summed E-state index contributed by atoms with van der Waals surface area (Å²) in [5.74, 6) is -0.899. The van der Waals surface area contributed by atoms with E-state index in [1.165, 1.54) is 22.3 Å². The van der Waals surface area contributed by atoms with Gasteiger partial charge >= 0.3 is 5.97 Å². The average Bonchev–Trinajstić information content (AvgIpc) is 2.72. The van der Waals surface area contributed by atoms with Gasteiger partial charge in [-0.25, -0.2) is 0 Å². The molecule has 1 heterocycles. The predicted molar refractivity (Wildman–Crippen MR) is 79.8 cm³/mol. The maximum Gasteiger partial charge on any atom is 0.325 e. The Morgan fingerprint density at radius 2 is 1.90 bits per heavy atom. The van der Waals surface area contributed by atoms with Gasteiger partial charge in [0, 0.05) is 19.1 Å². The summed E-state index contributed by atoms with van der Waals surface area (Å²) in [6.45, 7) is 9.62. The van der Waals surface area contributed by atoms with Crippen molar-refractivity contribution < 1.29 is 9.90 Å². The summed E-state index contributed by atoms with van der Waals surface area (Å²) < 4.78 is 0. The summed E-state index contributed by atoms with van der Waals surface area (Å²) in [7, 11) is 0. The number of aliphatic carboxylic acids is 1. The third-order valence-corrected chi connectivity index (χ3v) is 4.46. The Morgan fingerprint density at radius 1 is 1.35 bits per heavy atom. The maximum absolute atomic E-state index is 11.3. The van der Waals surface area contributed by atoms with Gasteiger partial charge in [-0.05, 0) is 50.8 Å². The number of likely N-dealkylation sites (tertiary alicyclic amines) is 1. The molecular formula is C16H24N2O2. The van der Waals surface area contributed by atoms with E-state index in [0.717, 1.165) is 6.54 Å². The third kappa shape index (κ3) is 2.58. The summed E-state index contributed by atoms with van der Waals surface area (Å²) in [6.07, 6.45) is 0.511. The van der Waals surface area contributed by atoms with Crippen LogP contribution in [0.4, 0.5) is 0 Å². The summed E-state index contributed by atoms with van der Waals surface area (Å²) in [4.78, 5) is 13.4. The normalized spacial score (nSPS) is 24.9. The van der Waals surface area contributed by atoms with Crippen molar-refractivity contribution in [3.8, 4) is 0 Å². The van der Waals surface area contributed by atoms with Gasteiger partial charge in [-0.2, -0.15) is 0 Å². The van der Waals surface area contributed by atoms with Crippen LogP contribution in [0.3, 0.4) is 0 Å². The number of hydrogen-bond acceptors (Lipinski definition) is 3. The molecule has 3 N–H and O–H groups in total. The van der Waals surface area contributed by atoms with Gasteiger partial charge in [0.2, 0.25) is 0 Å². The SMILES string of the molecule is Cc1cc(C)c(C(C)N2CCC(N)(C(=O)O)C2)c(C)c1. The Hall–Kier alpha value is -1.39. The molecule has 1 aromatic carbocycles. The molecule has 0 radical (unpaired) electrons. The zero-order valence-corrected chi connectivity index (χ0v) is 12.7. The zero-order valence-electron chi connectivity index (χ0n) is 12.7. The first-order valence-electron chi connectivity index (χ1n) is 7.08. The lowest BCUT2D eigenvalue weighted by atomic mass is 9.94. The molecule has 0 aromatic heterocycles. The number of hydrogen-bond donors (Lipinski definition) is 2. The minimum absolute atomic E-state index is 0.195. The van der Waals surface area contributed by atoms with E-state index in [1.54, 1.807) is 0 Å². The fourth-order valence-corrected chi connectivity index (χ4v) is 3.40. The van der Waals surface area contributed by atoms with Crippen molar-refractivity contribution in [2.45, 2.75) is 45.7 Å². The Bertz CT molecular complexity index is 518. The van der Waals surface area contributed by atoms with Gasteiger partial charge in [0.25, 0.3) is 0 Å². The molecule has 2 unspecified atom stereocenters. The van der Waals surface area contributed by atoms with E-state index in [4.69, 9.17) is 5.73 Å². The van der Waals surface area contributed by atoms with Crippen molar-refractivity contribution in [1.82, 2.24) is 4.90 Å². The van der Waals surface area contributed by atoms with E-state index >= 15 is 0 Å². The van der Waals surface area contributed by atoms with E-state index in [0.29, 0.717) is 13.0 Å². The fourth-order valence-electron chi connectivity index (χ4n) is 3.40. The van der Waals surface area contributed by atoms with E-state index in [2.05, 4.69) is 44.7 Å². The van der Waals surface area contributed by atoms with Crippen molar-refractivity contribution in [2.75, 3.05) is 13.1 Å². The monoisotopic (exact) mass is 276 g/mol. The Kier molecular flexibility index (Phi) is 3.89. The average molecular weight is 276 g/mol. The van der Waals surface area contributed by atoms with E-state index in [9.17, 15) is 9.90 Å². The first-order chi connectivity index (χ1) is 9.24. The highest BCUT2D eigenvalue weighted by molar-refractivity contribution is 5.79. The van der Waals surface area contributed by atoms with Crippen molar-refractivity contribution in [3.63, 3.8) is 0 Å². The van der Waals surface area contributed by atoms with Gasteiger partial charge in [-0.3, -0.25) is 9.69 Å². The first-order valence-corrected chi connectivity index (χ1v) is 7.08. The molecule has 1 saturated heterocycles. The third-order valence-electron chi connectivity index (χ3n) is 4.46. The van der Waals surface area contributed by atoms with Crippen LogP contribution in [0.5, 0.6) is 0 Å². The van der Waals surface area contributed by atoms with Crippen LogP contribution in [-0.2, 0) is 4.79 Å². The molecular weight excluding hydrogens is 252 g/mol. The number of rotatable bonds is 3. The van der Waals surface area contributed by atoms with Gasteiger partial charge in [0.1, 0.15) is 5.54 Å².